The quantitative estimate of drug-likeness (QED) is 0.546. The molecule has 0 aliphatic rings. The van der Waals surface area contributed by atoms with E-state index in [9.17, 15) is 14.9 Å². The molecule has 0 amide bonds. The molecule has 0 unspecified atom stereocenters. The molecule has 3 rings (SSSR count). The Morgan fingerprint density at radius 2 is 2.24 bits per heavy atom. The van der Waals surface area contributed by atoms with E-state index in [1.165, 1.54) is 28.3 Å². The third-order valence-electron chi connectivity index (χ3n) is 3.09. The predicted octanol–water partition coefficient (Wildman–Crippen LogP) is 3.04. The van der Waals surface area contributed by atoms with Crippen molar-refractivity contribution in [1.29, 1.82) is 0 Å². The molecule has 6 nitrogen and oxygen atoms in total. The molecule has 0 radical (unpaired) electrons. The van der Waals surface area contributed by atoms with Crippen molar-refractivity contribution in [2.24, 2.45) is 0 Å². The number of thiophene rings is 2. The second-order valence-corrected chi connectivity index (χ2v) is 6.52. The second-order valence-electron chi connectivity index (χ2n) is 4.51. The Morgan fingerprint density at radius 1 is 1.43 bits per heavy atom. The zero-order chi connectivity index (χ0) is 15.0. The standard InChI is InChI=1S/C13H11N3O3S2/c1-2-9-4-10-12(21-9)14-7-15(13(10)17)5-8-3-11(16(18)19)20-6-8/h3-4,6-7H,2,5H2,1H3. The van der Waals surface area contributed by atoms with Gasteiger partial charge in [-0.15, -0.1) is 11.3 Å². The Labute approximate surface area is 127 Å². The lowest BCUT2D eigenvalue weighted by Gasteiger charge is -2.02. The van der Waals surface area contributed by atoms with Crippen LogP contribution < -0.4 is 5.56 Å². The van der Waals surface area contributed by atoms with Crippen molar-refractivity contribution in [1.82, 2.24) is 9.55 Å². The van der Waals surface area contributed by atoms with E-state index < -0.39 is 4.92 Å². The number of aryl methyl sites for hydroxylation is 1. The Balaban J connectivity index is 1.98. The largest absolute Gasteiger partial charge is 0.324 e. The Morgan fingerprint density at radius 3 is 2.90 bits per heavy atom. The van der Waals surface area contributed by atoms with Crippen LogP contribution in [0.2, 0.25) is 0 Å². The molecule has 0 bridgehead atoms. The summed E-state index contributed by atoms with van der Waals surface area (Å²) in [6, 6.07) is 3.37. The van der Waals surface area contributed by atoms with Crippen LogP contribution in [0.4, 0.5) is 5.00 Å². The van der Waals surface area contributed by atoms with Crippen molar-refractivity contribution in [2.75, 3.05) is 0 Å². The number of hydrogen-bond acceptors (Lipinski definition) is 6. The number of nitrogens with zero attached hydrogens (tertiary/aromatic N) is 3. The van der Waals surface area contributed by atoms with Gasteiger partial charge in [-0.05, 0) is 18.1 Å². The summed E-state index contributed by atoms with van der Waals surface area (Å²) in [6.07, 6.45) is 2.38. The van der Waals surface area contributed by atoms with Crippen LogP contribution in [-0.2, 0) is 13.0 Å². The van der Waals surface area contributed by atoms with E-state index in [0.29, 0.717) is 11.9 Å². The molecule has 0 saturated heterocycles. The van der Waals surface area contributed by atoms with Gasteiger partial charge in [0.05, 0.1) is 23.2 Å². The normalized spacial score (nSPS) is 11.1. The van der Waals surface area contributed by atoms with Crippen molar-refractivity contribution in [3.05, 3.63) is 54.7 Å². The molecule has 8 heteroatoms. The van der Waals surface area contributed by atoms with Gasteiger partial charge in [0.15, 0.2) is 0 Å². The van der Waals surface area contributed by atoms with Gasteiger partial charge >= 0.3 is 5.00 Å². The highest BCUT2D eigenvalue weighted by Crippen LogP contribution is 2.24. The van der Waals surface area contributed by atoms with Crippen molar-refractivity contribution in [3.8, 4) is 0 Å². The number of nitro groups is 1. The maximum absolute atomic E-state index is 12.4. The van der Waals surface area contributed by atoms with Crippen LogP contribution in [0.5, 0.6) is 0 Å². The van der Waals surface area contributed by atoms with Crippen molar-refractivity contribution in [2.45, 2.75) is 19.9 Å². The minimum absolute atomic E-state index is 0.0795. The highest BCUT2D eigenvalue weighted by Gasteiger charge is 2.12. The summed E-state index contributed by atoms with van der Waals surface area (Å²) in [5.41, 5.74) is 0.630. The van der Waals surface area contributed by atoms with Crippen molar-refractivity contribution >= 4 is 37.9 Å². The minimum Gasteiger partial charge on any atom is -0.294 e. The molecule has 0 spiro atoms. The molecule has 0 atom stereocenters. The van der Waals surface area contributed by atoms with Gasteiger partial charge in [-0.25, -0.2) is 4.98 Å². The zero-order valence-electron chi connectivity index (χ0n) is 11.1. The first-order valence-electron chi connectivity index (χ1n) is 6.28. The summed E-state index contributed by atoms with van der Waals surface area (Å²) >= 11 is 2.58. The van der Waals surface area contributed by atoms with Gasteiger partial charge in [-0.3, -0.25) is 19.5 Å². The molecule has 3 aromatic rings. The van der Waals surface area contributed by atoms with E-state index >= 15 is 0 Å². The van der Waals surface area contributed by atoms with Gasteiger partial charge in [0.25, 0.3) is 5.56 Å². The van der Waals surface area contributed by atoms with E-state index in [-0.39, 0.29) is 10.6 Å². The monoisotopic (exact) mass is 321 g/mol. The lowest BCUT2D eigenvalue weighted by atomic mass is 10.3. The van der Waals surface area contributed by atoms with Crippen LogP contribution >= 0.6 is 22.7 Å². The average molecular weight is 321 g/mol. The lowest BCUT2D eigenvalue weighted by Crippen LogP contribution is -2.20. The molecule has 0 aromatic carbocycles. The summed E-state index contributed by atoms with van der Waals surface area (Å²) in [5, 5.41) is 13.1. The highest BCUT2D eigenvalue weighted by molar-refractivity contribution is 7.18. The molecular formula is C13H11N3O3S2. The maximum Gasteiger partial charge on any atom is 0.324 e. The minimum atomic E-state index is -0.426. The van der Waals surface area contributed by atoms with Gasteiger partial charge in [0.2, 0.25) is 0 Å². The van der Waals surface area contributed by atoms with Gasteiger partial charge in [-0.2, -0.15) is 0 Å². The zero-order valence-corrected chi connectivity index (χ0v) is 12.7. The topological polar surface area (TPSA) is 78.0 Å². The van der Waals surface area contributed by atoms with Crippen molar-refractivity contribution < 1.29 is 4.92 Å². The van der Waals surface area contributed by atoms with E-state index in [0.717, 1.165) is 33.0 Å². The molecule has 3 aromatic heterocycles. The second kappa shape index (κ2) is 5.38. The van der Waals surface area contributed by atoms with Crippen LogP contribution in [0.3, 0.4) is 0 Å². The van der Waals surface area contributed by atoms with Gasteiger partial charge in [-0.1, -0.05) is 18.3 Å². The third kappa shape index (κ3) is 2.59. The van der Waals surface area contributed by atoms with Crippen molar-refractivity contribution in [3.63, 3.8) is 0 Å². The van der Waals surface area contributed by atoms with Crippen LogP contribution in [0.1, 0.15) is 17.4 Å². The predicted molar refractivity (Wildman–Crippen MR) is 83.3 cm³/mol. The fourth-order valence-corrected chi connectivity index (χ4v) is 3.68. The molecule has 108 valence electrons. The van der Waals surface area contributed by atoms with Crippen LogP contribution in [0, 0.1) is 10.1 Å². The van der Waals surface area contributed by atoms with E-state index in [4.69, 9.17) is 0 Å². The third-order valence-corrected chi connectivity index (χ3v) is 5.21. The molecular weight excluding hydrogens is 310 g/mol. The molecule has 0 saturated carbocycles. The average Bonchev–Trinajstić information content (AvgIpc) is 3.08. The van der Waals surface area contributed by atoms with E-state index in [1.54, 1.807) is 5.38 Å². The van der Waals surface area contributed by atoms with E-state index in [1.807, 2.05) is 13.0 Å². The number of rotatable bonds is 4. The molecule has 21 heavy (non-hydrogen) atoms. The van der Waals surface area contributed by atoms with Crippen LogP contribution in [-0.4, -0.2) is 14.5 Å². The highest BCUT2D eigenvalue weighted by atomic mass is 32.1. The molecule has 0 N–H and O–H groups in total. The first-order chi connectivity index (χ1) is 10.1. The first kappa shape index (κ1) is 13.9. The van der Waals surface area contributed by atoms with Gasteiger partial charge < -0.3 is 0 Å². The van der Waals surface area contributed by atoms with E-state index in [2.05, 4.69) is 4.98 Å². The Bertz CT molecular complexity index is 878. The fraction of sp³-hybridized carbons (Fsp3) is 0.231. The number of aromatic nitrogens is 2. The summed E-state index contributed by atoms with van der Waals surface area (Å²) in [4.78, 5) is 28.8. The summed E-state index contributed by atoms with van der Waals surface area (Å²) in [5.74, 6) is 0. The summed E-state index contributed by atoms with van der Waals surface area (Å²) in [6.45, 7) is 2.33. The van der Waals surface area contributed by atoms with Gasteiger partial charge in [0.1, 0.15) is 4.83 Å². The SMILES string of the molecule is CCc1cc2c(=O)n(Cc3csc([N+](=O)[O-])c3)cnc2s1. The Hall–Kier alpha value is -2.06. The Kier molecular flexibility index (Phi) is 3.56. The maximum atomic E-state index is 12.4. The molecule has 3 heterocycles. The summed E-state index contributed by atoms with van der Waals surface area (Å²) < 4.78 is 1.49. The molecule has 0 aliphatic heterocycles. The molecule has 0 fully saturated rings. The number of hydrogen-bond donors (Lipinski definition) is 0. The van der Waals surface area contributed by atoms with Crippen LogP contribution in [0.25, 0.3) is 10.2 Å². The van der Waals surface area contributed by atoms with Crippen LogP contribution in [0.15, 0.2) is 28.6 Å². The number of fused-ring (bicyclic) bond motifs is 1. The molecule has 0 aliphatic carbocycles. The summed E-state index contributed by atoms with van der Waals surface area (Å²) in [7, 11) is 0. The fourth-order valence-electron chi connectivity index (χ4n) is 2.03. The smallest absolute Gasteiger partial charge is 0.294 e. The lowest BCUT2D eigenvalue weighted by molar-refractivity contribution is -0.380. The first-order valence-corrected chi connectivity index (χ1v) is 7.97. The van der Waals surface area contributed by atoms with Gasteiger partial charge in [0, 0.05) is 16.3 Å².